The molecule has 0 radical (unpaired) electrons. The van der Waals surface area contributed by atoms with Crippen LogP contribution in [0.2, 0.25) is 0 Å². The molecule has 0 saturated carbocycles. The Morgan fingerprint density at radius 2 is 1.71 bits per heavy atom. The van der Waals surface area contributed by atoms with Gasteiger partial charge in [-0.1, -0.05) is 6.92 Å². The molecule has 2 saturated heterocycles. The molecule has 118 valence electrons. The van der Waals surface area contributed by atoms with Crippen molar-refractivity contribution < 1.29 is 24.2 Å². The minimum atomic E-state index is -0.789. The predicted molar refractivity (Wildman–Crippen MR) is 73.6 cm³/mol. The van der Waals surface area contributed by atoms with Gasteiger partial charge in [0.15, 0.2) is 0 Å². The van der Waals surface area contributed by atoms with Crippen molar-refractivity contribution in [3.63, 3.8) is 0 Å². The molecule has 21 heavy (non-hydrogen) atoms. The summed E-state index contributed by atoms with van der Waals surface area (Å²) >= 11 is 0. The molecule has 2 aliphatic heterocycles. The fraction of sp³-hybridized carbons (Fsp3) is 0.786. The van der Waals surface area contributed by atoms with Gasteiger partial charge in [-0.2, -0.15) is 0 Å². The van der Waals surface area contributed by atoms with Crippen molar-refractivity contribution in [1.29, 1.82) is 0 Å². The lowest BCUT2D eigenvalue weighted by Crippen LogP contribution is -2.47. The van der Waals surface area contributed by atoms with Gasteiger partial charge in [0, 0.05) is 26.2 Å². The molecule has 0 spiro atoms. The third kappa shape index (κ3) is 3.28. The second-order valence-electron chi connectivity index (χ2n) is 5.89. The maximum atomic E-state index is 12.4. The maximum Gasteiger partial charge on any atom is 0.320 e. The Balaban J connectivity index is 1.90. The van der Waals surface area contributed by atoms with E-state index in [0.717, 1.165) is 0 Å². The van der Waals surface area contributed by atoms with E-state index >= 15 is 0 Å². The van der Waals surface area contributed by atoms with E-state index in [0.29, 0.717) is 39.0 Å². The van der Waals surface area contributed by atoms with Gasteiger partial charge in [-0.15, -0.1) is 0 Å². The molecule has 1 N–H and O–H groups in total. The third-order valence-corrected chi connectivity index (χ3v) is 4.50. The topological polar surface area (TPSA) is 87.2 Å². The number of methoxy groups -OCH3 is 1. The average molecular weight is 298 g/mol. The molecule has 7 nitrogen and oxygen atoms in total. The fourth-order valence-corrected chi connectivity index (χ4v) is 3.10. The van der Waals surface area contributed by atoms with E-state index in [1.54, 1.807) is 9.80 Å². The molecule has 2 fully saturated rings. The SMILES string of the molecule is COC(=O)C1CN(C(=O)N2CCC(C(=O)O)CC2)CC1C. The van der Waals surface area contributed by atoms with Gasteiger partial charge in [-0.05, 0) is 18.8 Å². The molecule has 0 aliphatic carbocycles. The van der Waals surface area contributed by atoms with Crippen LogP contribution in [-0.4, -0.2) is 66.2 Å². The van der Waals surface area contributed by atoms with Crippen LogP contribution in [0.5, 0.6) is 0 Å². The average Bonchev–Trinajstić information content (AvgIpc) is 2.87. The van der Waals surface area contributed by atoms with Crippen LogP contribution in [-0.2, 0) is 14.3 Å². The monoisotopic (exact) mass is 298 g/mol. The molecule has 2 amide bonds. The minimum Gasteiger partial charge on any atom is -0.481 e. The Hall–Kier alpha value is -1.79. The highest BCUT2D eigenvalue weighted by atomic mass is 16.5. The number of carbonyl (C=O) groups is 3. The number of rotatable bonds is 2. The van der Waals surface area contributed by atoms with Gasteiger partial charge in [0.2, 0.25) is 0 Å². The summed E-state index contributed by atoms with van der Waals surface area (Å²) in [6.07, 6.45) is 0.982. The van der Waals surface area contributed by atoms with Gasteiger partial charge < -0.3 is 19.6 Å². The normalized spacial score (nSPS) is 26.8. The van der Waals surface area contributed by atoms with E-state index in [-0.39, 0.29) is 29.8 Å². The van der Waals surface area contributed by atoms with E-state index in [4.69, 9.17) is 9.84 Å². The molecule has 2 atom stereocenters. The molecule has 2 heterocycles. The Kier molecular flexibility index (Phi) is 4.69. The maximum absolute atomic E-state index is 12.4. The summed E-state index contributed by atoms with van der Waals surface area (Å²) in [7, 11) is 1.36. The number of nitrogens with zero attached hydrogens (tertiary/aromatic N) is 2. The lowest BCUT2D eigenvalue weighted by Gasteiger charge is -2.33. The Morgan fingerprint density at radius 3 is 2.24 bits per heavy atom. The summed E-state index contributed by atoms with van der Waals surface area (Å²) in [5, 5.41) is 8.97. The number of ether oxygens (including phenoxy) is 1. The van der Waals surface area contributed by atoms with Crippen LogP contribution in [0.4, 0.5) is 4.79 Å². The zero-order valence-corrected chi connectivity index (χ0v) is 12.4. The molecular weight excluding hydrogens is 276 g/mol. The first kappa shape index (κ1) is 15.6. The van der Waals surface area contributed by atoms with Crippen molar-refractivity contribution >= 4 is 18.0 Å². The Morgan fingerprint density at radius 1 is 1.10 bits per heavy atom. The van der Waals surface area contributed by atoms with Gasteiger partial charge in [0.25, 0.3) is 0 Å². The smallest absolute Gasteiger partial charge is 0.320 e. The lowest BCUT2D eigenvalue weighted by molar-refractivity contribution is -0.146. The van der Waals surface area contributed by atoms with Gasteiger partial charge in [0.05, 0.1) is 18.9 Å². The minimum absolute atomic E-state index is 0.0814. The van der Waals surface area contributed by atoms with Crippen LogP contribution in [0, 0.1) is 17.8 Å². The summed E-state index contributed by atoms with van der Waals surface area (Å²) in [5.41, 5.74) is 0. The molecule has 7 heteroatoms. The van der Waals surface area contributed by atoms with Gasteiger partial charge in [0.1, 0.15) is 0 Å². The summed E-state index contributed by atoms with van der Waals surface area (Å²) < 4.78 is 4.76. The first-order valence-corrected chi connectivity index (χ1v) is 7.28. The van der Waals surface area contributed by atoms with Crippen molar-refractivity contribution in [3.05, 3.63) is 0 Å². The highest BCUT2D eigenvalue weighted by molar-refractivity contribution is 5.79. The van der Waals surface area contributed by atoms with Crippen molar-refractivity contribution in [3.8, 4) is 0 Å². The number of urea groups is 1. The predicted octanol–water partition coefficient (Wildman–Crippen LogP) is 0.644. The number of carboxylic acid groups (broad SMARTS) is 1. The van der Waals surface area contributed by atoms with Crippen LogP contribution in [0.25, 0.3) is 0 Å². The second kappa shape index (κ2) is 6.32. The van der Waals surface area contributed by atoms with E-state index in [9.17, 15) is 14.4 Å². The van der Waals surface area contributed by atoms with Crippen LogP contribution in [0.1, 0.15) is 19.8 Å². The molecule has 0 aromatic heterocycles. The number of hydrogen-bond acceptors (Lipinski definition) is 4. The van der Waals surface area contributed by atoms with Crippen LogP contribution < -0.4 is 0 Å². The number of hydrogen-bond donors (Lipinski definition) is 1. The summed E-state index contributed by atoms with van der Waals surface area (Å²) in [4.78, 5) is 38.4. The first-order chi connectivity index (χ1) is 9.93. The Labute approximate surface area is 123 Å². The van der Waals surface area contributed by atoms with E-state index in [1.807, 2.05) is 6.92 Å². The zero-order valence-electron chi connectivity index (χ0n) is 12.4. The number of esters is 1. The van der Waals surface area contributed by atoms with Crippen molar-refractivity contribution in [2.75, 3.05) is 33.3 Å². The Bertz CT molecular complexity index is 431. The fourth-order valence-electron chi connectivity index (χ4n) is 3.10. The summed E-state index contributed by atoms with van der Waals surface area (Å²) in [5.74, 6) is -1.60. The standard InChI is InChI=1S/C14H22N2O5/c1-9-7-16(8-11(9)13(19)21-2)14(20)15-5-3-10(4-6-15)12(17)18/h9-11H,3-8H2,1-2H3,(H,17,18). The largest absolute Gasteiger partial charge is 0.481 e. The first-order valence-electron chi connectivity index (χ1n) is 7.28. The zero-order chi connectivity index (χ0) is 15.6. The molecule has 2 rings (SSSR count). The van der Waals surface area contributed by atoms with Gasteiger partial charge in [-0.25, -0.2) is 4.79 Å². The second-order valence-corrected chi connectivity index (χ2v) is 5.89. The molecule has 2 unspecified atom stereocenters. The molecule has 0 bridgehead atoms. The number of amides is 2. The number of likely N-dealkylation sites (tertiary alicyclic amines) is 2. The number of piperidine rings is 1. The number of carbonyl (C=O) groups excluding carboxylic acids is 2. The summed E-state index contributed by atoms with van der Waals surface area (Å²) in [6, 6.07) is -0.0999. The highest BCUT2D eigenvalue weighted by Gasteiger charge is 2.39. The summed E-state index contributed by atoms with van der Waals surface area (Å²) in [6.45, 7) is 3.78. The van der Waals surface area contributed by atoms with Crippen molar-refractivity contribution in [1.82, 2.24) is 9.80 Å². The van der Waals surface area contributed by atoms with E-state index in [1.165, 1.54) is 7.11 Å². The van der Waals surface area contributed by atoms with E-state index < -0.39 is 5.97 Å². The number of aliphatic carboxylic acids is 1. The third-order valence-electron chi connectivity index (χ3n) is 4.50. The molecular formula is C14H22N2O5. The molecule has 2 aliphatic rings. The van der Waals surface area contributed by atoms with Crippen LogP contribution in [0.3, 0.4) is 0 Å². The van der Waals surface area contributed by atoms with Crippen LogP contribution in [0.15, 0.2) is 0 Å². The molecule has 0 aromatic rings. The lowest BCUT2D eigenvalue weighted by atomic mass is 9.97. The van der Waals surface area contributed by atoms with Gasteiger partial charge >= 0.3 is 18.0 Å². The molecule has 0 aromatic carbocycles. The van der Waals surface area contributed by atoms with Crippen LogP contribution >= 0.6 is 0 Å². The van der Waals surface area contributed by atoms with E-state index in [2.05, 4.69) is 0 Å². The van der Waals surface area contributed by atoms with Crippen molar-refractivity contribution in [2.45, 2.75) is 19.8 Å². The van der Waals surface area contributed by atoms with Crippen molar-refractivity contribution in [2.24, 2.45) is 17.8 Å². The quantitative estimate of drug-likeness (QED) is 0.756. The number of carboxylic acids is 1. The highest BCUT2D eigenvalue weighted by Crippen LogP contribution is 2.26. The van der Waals surface area contributed by atoms with Gasteiger partial charge in [-0.3, -0.25) is 9.59 Å².